The number of carbonyl (C=O) groups excluding carboxylic acids is 2. The third-order valence-corrected chi connectivity index (χ3v) is 7.59. The molecule has 2 N–H and O–H groups in total. The number of methoxy groups -OCH3 is 1. The van der Waals surface area contributed by atoms with Crippen molar-refractivity contribution < 1.29 is 14.3 Å². The predicted molar refractivity (Wildman–Crippen MR) is 125 cm³/mol. The third kappa shape index (κ3) is 5.25. The van der Waals surface area contributed by atoms with Crippen LogP contribution in [0.2, 0.25) is 5.02 Å². The van der Waals surface area contributed by atoms with Crippen molar-refractivity contribution in [1.82, 2.24) is 10.6 Å². The number of hydrogen-bond acceptors (Lipinski definition) is 4. The lowest BCUT2D eigenvalue weighted by molar-refractivity contribution is -0.127. The van der Waals surface area contributed by atoms with E-state index in [2.05, 4.69) is 10.6 Å². The van der Waals surface area contributed by atoms with E-state index in [4.69, 9.17) is 16.3 Å². The molecule has 31 heavy (non-hydrogen) atoms. The number of rotatable bonds is 5. The van der Waals surface area contributed by atoms with Crippen molar-refractivity contribution in [3.05, 3.63) is 69.6 Å². The van der Waals surface area contributed by atoms with Gasteiger partial charge in [-0.25, -0.2) is 0 Å². The van der Waals surface area contributed by atoms with Crippen molar-refractivity contribution in [2.45, 2.75) is 37.1 Å². The van der Waals surface area contributed by atoms with Gasteiger partial charge in [-0.05, 0) is 54.7 Å². The Morgan fingerprint density at radius 3 is 2.74 bits per heavy atom. The Morgan fingerprint density at radius 1 is 1.23 bits per heavy atom. The van der Waals surface area contributed by atoms with Crippen LogP contribution in [0.1, 0.15) is 30.4 Å². The molecule has 3 atom stereocenters. The summed E-state index contributed by atoms with van der Waals surface area (Å²) in [6, 6.07) is 15.2. The summed E-state index contributed by atoms with van der Waals surface area (Å²) in [4.78, 5) is 26.1. The van der Waals surface area contributed by atoms with E-state index in [-0.39, 0.29) is 29.0 Å². The molecule has 0 spiro atoms. The summed E-state index contributed by atoms with van der Waals surface area (Å²) in [5, 5.41) is 7.07. The molecule has 2 amide bonds. The summed E-state index contributed by atoms with van der Waals surface area (Å²) in [6.45, 7) is 0.416. The van der Waals surface area contributed by atoms with E-state index >= 15 is 0 Å². The zero-order valence-corrected chi connectivity index (χ0v) is 18.8. The standard InChI is InChI=1S/C24H25ClN2O3S/c1-30-18-9-6-15(7-10-18)12-22-24(29)27-20-13-16(8-11-21(20)31-22)23(28)26-14-17-4-2-3-5-19(17)25/h2-7,9-10,12,16,20-21H,8,11,13-14H2,1H3,(H,26,28)(H,27,29)/b22-12+. The summed E-state index contributed by atoms with van der Waals surface area (Å²) >= 11 is 7.80. The Labute approximate surface area is 191 Å². The van der Waals surface area contributed by atoms with Crippen LogP contribution in [0.3, 0.4) is 0 Å². The number of thioether (sulfide) groups is 1. The predicted octanol–water partition coefficient (Wildman–Crippen LogP) is 4.41. The number of benzene rings is 2. The summed E-state index contributed by atoms with van der Waals surface area (Å²) in [5.41, 5.74) is 1.87. The highest BCUT2D eigenvalue weighted by Crippen LogP contribution is 2.40. The van der Waals surface area contributed by atoms with Gasteiger partial charge in [-0.3, -0.25) is 9.59 Å². The van der Waals surface area contributed by atoms with E-state index in [1.54, 1.807) is 18.9 Å². The minimum absolute atomic E-state index is 0.00957. The largest absolute Gasteiger partial charge is 0.497 e. The van der Waals surface area contributed by atoms with Gasteiger partial charge in [-0.2, -0.15) is 0 Å². The molecule has 2 fully saturated rings. The monoisotopic (exact) mass is 456 g/mol. The van der Waals surface area contributed by atoms with Gasteiger partial charge in [-0.15, -0.1) is 11.8 Å². The van der Waals surface area contributed by atoms with Gasteiger partial charge in [0, 0.05) is 28.8 Å². The number of fused-ring (bicyclic) bond motifs is 1. The van der Waals surface area contributed by atoms with Crippen LogP contribution in [0.25, 0.3) is 6.08 Å². The average Bonchev–Trinajstić information content (AvgIpc) is 2.79. The molecule has 5 nitrogen and oxygen atoms in total. The van der Waals surface area contributed by atoms with Crippen molar-refractivity contribution in [3.8, 4) is 5.75 Å². The highest BCUT2D eigenvalue weighted by molar-refractivity contribution is 8.04. The van der Waals surface area contributed by atoms with E-state index in [1.807, 2.05) is 54.6 Å². The van der Waals surface area contributed by atoms with Gasteiger partial charge in [0.25, 0.3) is 5.91 Å². The maximum atomic E-state index is 12.7. The second-order valence-corrected chi connectivity index (χ2v) is 9.53. The maximum Gasteiger partial charge on any atom is 0.257 e. The molecule has 1 saturated heterocycles. The molecular weight excluding hydrogens is 432 g/mol. The summed E-state index contributed by atoms with van der Waals surface area (Å²) in [6.07, 6.45) is 4.28. The Bertz CT molecular complexity index is 993. The summed E-state index contributed by atoms with van der Waals surface area (Å²) in [5.74, 6) is 0.641. The highest BCUT2D eigenvalue weighted by atomic mass is 35.5. The highest BCUT2D eigenvalue weighted by Gasteiger charge is 2.39. The normalized spacial score (nSPS) is 24.3. The topological polar surface area (TPSA) is 67.4 Å². The van der Waals surface area contributed by atoms with Crippen molar-refractivity contribution in [2.75, 3.05) is 7.11 Å². The second kappa shape index (κ2) is 9.79. The molecule has 4 rings (SSSR count). The first kappa shape index (κ1) is 21.8. The molecule has 1 heterocycles. The van der Waals surface area contributed by atoms with E-state index < -0.39 is 0 Å². The number of hydrogen-bond donors (Lipinski definition) is 2. The van der Waals surface area contributed by atoms with Crippen LogP contribution >= 0.6 is 23.4 Å². The lowest BCUT2D eigenvalue weighted by Gasteiger charge is -2.39. The zero-order valence-electron chi connectivity index (χ0n) is 17.3. The van der Waals surface area contributed by atoms with Crippen LogP contribution in [-0.2, 0) is 16.1 Å². The van der Waals surface area contributed by atoms with E-state index in [1.165, 1.54) is 0 Å². The quantitative estimate of drug-likeness (QED) is 0.654. The first-order valence-electron chi connectivity index (χ1n) is 10.4. The van der Waals surface area contributed by atoms with Crippen LogP contribution in [-0.4, -0.2) is 30.2 Å². The molecule has 1 saturated carbocycles. The van der Waals surface area contributed by atoms with E-state index in [0.29, 0.717) is 22.9 Å². The number of ether oxygens (including phenoxy) is 1. The molecule has 2 aliphatic rings. The van der Waals surface area contributed by atoms with Crippen LogP contribution in [0, 0.1) is 5.92 Å². The van der Waals surface area contributed by atoms with E-state index in [0.717, 1.165) is 29.7 Å². The number of carbonyl (C=O) groups is 2. The van der Waals surface area contributed by atoms with Gasteiger partial charge in [0.2, 0.25) is 5.91 Å². The van der Waals surface area contributed by atoms with Crippen molar-refractivity contribution in [3.63, 3.8) is 0 Å². The van der Waals surface area contributed by atoms with Crippen molar-refractivity contribution in [1.29, 1.82) is 0 Å². The fraction of sp³-hybridized carbons (Fsp3) is 0.333. The smallest absolute Gasteiger partial charge is 0.257 e. The molecule has 1 aliphatic carbocycles. The van der Waals surface area contributed by atoms with Gasteiger partial charge < -0.3 is 15.4 Å². The molecule has 2 aromatic carbocycles. The lowest BCUT2D eigenvalue weighted by Crippen LogP contribution is -2.51. The molecular formula is C24H25ClN2O3S. The minimum Gasteiger partial charge on any atom is -0.497 e. The Kier molecular flexibility index (Phi) is 6.88. The van der Waals surface area contributed by atoms with Gasteiger partial charge in [0.1, 0.15) is 5.75 Å². The third-order valence-electron chi connectivity index (χ3n) is 5.80. The zero-order chi connectivity index (χ0) is 21.8. The first-order valence-corrected chi connectivity index (χ1v) is 11.6. The van der Waals surface area contributed by atoms with E-state index in [9.17, 15) is 9.59 Å². The van der Waals surface area contributed by atoms with Crippen LogP contribution in [0.15, 0.2) is 53.4 Å². The van der Waals surface area contributed by atoms with Gasteiger partial charge in [-0.1, -0.05) is 41.9 Å². The summed E-state index contributed by atoms with van der Waals surface area (Å²) in [7, 11) is 1.63. The fourth-order valence-corrected chi connectivity index (χ4v) is 5.55. The van der Waals surface area contributed by atoms with Gasteiger partial charge >= 0.3 is 0 Å². The number of nitrogens with one attached hydrogen (secondary N) is 2. The Balaban J connectivity index is 1.34. The van der Waals surface area contributed by atoms with Crippen molar-refractivity contribution in [2.24, 2.45) is 5.92 Å². The molecule has 1 aliphatic heterocycles. The maximum absolute atomic E-state index is 12.7. The molecule has 0 bridgehead atoms. The number of amides is 2. The SMILES string of the molecule is COc1ccc(/C=C2/SC3CCC(C(=O)NCc4ccccc4Cl)CC3NC2=O)cc1. The van der Waals surface area contributed by atoms with Crippen LogP contribution in [0.5, 0.6) is 5.75 Å². The summed E-state index contributed by atoms with van der Waals surface area (Å²) < 4.78 is 5.18. The molecule has 3 unspecified atom stereocenters. The molecule has 0 aromatic heterocycles. The minimum atomic E-state index is -0.100. The second-order valence-electron chi connectivity index (χ2n) is 7.84. The fourth-order valence-electron chi connectivity index (χ4n) is 4.05. The van der Waals surface area contributed by atoms with Crippen LogP contribution in [0.4, 0.5) is 0 Å². The van der Waals surface area contributed by atoms with Crippen molar-refractivity contribution >= 4 is 41.3 Å². The molecule has 2 aromatic rings. The van der Waals surface area contributed by atoms with Gasteiger partial charge in [0.05, 0.1) is 12.0 Å². The molecule has 7 heteroatoms. The lowest BCUT2D eigenvalue weighted by atomic mass is 9.84. The molecule has 0 radical (unpaired) electrons. The Morgan fingerprint density at radius 2 is 2.00 bits per heavy atom. The average molecular weight is 457 g/mol. The first-order chi connectivity index (χ1) is 15.0. The van der Waals surface area contributed by atoms with Gasteiger partial charge in [0.15, 0.2) is 0 Å². The number of halogens is 1. The molecule has 162 valence electrons. The van der Waals surface area contributed by atoms with Crippen LogP contribution < -0.4 is 15.4 Å². The Hall–Kier alpha value is -2.44.